The predicted molar refractivity (Wildman–Crippen MR) is 51.4 cm³/mol. The maximum atomic E-state index is 11.7. The van der Waals surface area contributed by atoms with Gasteiger partial charge in [0.25, 0.3) is 10.2 Å². The van der Waals surface area contributed by atoms with Gasteiger partial charge in [-0.2, -0.15) is 17.0 Å². The number of rotatable bonds is 4. The van der Waals surface area contributed by atoms with Gasteiger partial charge in [-0.05, 0) is 12.8 Å². The van der Waals surface area contributed by atoms with Crippen LogP contribution >= 0.6 is 0 Å². The summed E-state index contributed by atoms with van der Waals surface area (Å²) in [7, 11) is -1.64. The molecule has 0 aromatic heterocycles. The van der Waals surface area contributed by atoms with Crippen LogP contribution in [0.5, 0.6) is 0 Å². The van der Waals surface area contributed by atoms with Gasteiger partial charge in [-0.15, -0.1) is 0 Å². The molecule has 0 radical (unpaired) electrons. The zero-order valence-corrected chi connectivity index (χ0v) is 8.76. The highest BCUT2D eigenvalue weighted by Gasteiger charge is 2.28. The first-order chi connectivity index (χ1) is 6.09. The molecule has 1 rings (SSSR count). The van der Waals surface area contributed by atoms with Crippen LogP contribution in [0, 0.1) is 0 Å². The molecule has 0 spiro atoms. The highest BCUT2D eigenvalue weighted by Crippen LogP contribution is 2.14. The van der Waals surface area contributed by atoms with Gasteiger partial charge >= 0.3 is 0 Å². The third-order valence-corrected chi connectivity index (χ3v) is 4.22. The van der Waals surface area contributed by atoms with Crippen LogP contribution in [0.1, 0.15) is 12.8 Å². The van der Waals surface area contributed by atoms with E-state index in [1.807, 2.05) is 0 Å². The molecule has 2 N–H and O–H groups in total. The first-order valence-electron chi connectivity index (χ1n) is 4.50. The molecule has 1 aliphatic heterocycles. The van der Waals surface area contributed by atoms with Gasteiger partial charge in [-0.1, -0.05) is 0 Å². The molecule has 1 heterocycles. The third kappa shape index (κ3) is 2.40. The Morgan fingerprint density at radius 2 is 1.92 bits per heavy atom. The van der Waals surface area contributed by atoms with Crippen LogP contribution in [0.2, 0.25) is 0 Å². The van der Waals surface area contributed by atoms with E-state index in [4.69, 9.17) is 5.73 Å². The second kappa shape index (κ2) is 4.36. The lowest BCUT2D eigenvalue weighted by Crippen LogP contribution is -2.42. The monoisotopic (exact) mass is 207 g/mol. The van der Waals surface area contributed by atoms with E-state index in [-0.39, 0.29) is 0 Å². The fourth-order valence-electron chi connectivity index (χ4n) is 1.41. The summed E-state index contributed by atoms with van der Waals surface area (Å²) in [6, 6.07) is 0. The summed E-state index contributed by atoms with van der Waals surface area (Å²) >= 11 is 0. The molecule has 0 unspecified atom stereocenters. The first-order valence-corrected chi connectivity index (χ1v) is 5.90. The van der Waals surface area contributed by atoms with Gasteiger partial charge in [0, 0.05) is 33.2 Å². The SMILES string of the molecule is CN(CCN)S(=O)(=O)N1CCCC1. The van der Waals surface area contributed by atoms with Crippen molar-refractivity contribution in [2.45, 2.75) is 12.8 Å². The molecule has 0 aliphatic carbocycles. The molecule has 6 heteroatoms. The maximum absolute atomic E-state index is 11.7. The van der Waals surface area contributed by atoms with Crippen LogP contribution in [0.25, 0.3) is 0 Å². The first kappa shape index (κ1) is 10.9. The van der Waals surface area contributed by atoms with Gasteiger partial charge in [0.2, 0.25) is 0 Å². The van der Waals surface area contributed by atoms with Crippen molar-refractivity contribution in [1.82, 2.24) is 8.61 Å². The molecule has 13 heavy (non-hydrogen) atoms. The van der Waals surface area contributed by atoms with Gasteiger partial charge in [0.1, 0.15) is 0 Å². The summed E-state index contributed by atoms with van der Waals surface area (Å²) in [5.74, 6) is 0. The van der Waals surface area contributed by atoms with Crippen molar-refractivity contribution in [2.24, 2.45) is 5.73 Å². The minimum absolute atomic E-state index is 0.365. The van der Waals surface area contributed by atoms with Crippen LogP contribution < -0.4 is 5.73 Å². The average Bonchev–Trinajstić information content (AvgIpc) is 2.56. The Morgan fingerprint density at radius 1 is 1.38 bits per heavy atom. The number of hydrogen-bond acceptors (Lipinski definition) is 3. The second-order valence-electron chi connectivity index (χ2n) is 3.22. The Bertz CT molecular complexity index is 246. The van der Waals surface area contributed by atoms with E-state index in [0.29, 0.717) is 26.2 Å². The molecule has 1 saturated heterocycles. The number of nitrogens with zero attached hydrogens (tertiary/aromatic N) is 2. The highest BCUT2D eigenvalue weighted by atomic mass is 32.2. The molecule has 1 aliphatic rings. The van der Waals surface area contributed by atoms with Crippen molar-refractivity contribution in [3.63, 3.8) is 0 Å². The zero-order chi connectivity index (χ0) is 9.90. The van der Waals surface area contributed by atoms with E-state index in [1.165, 1.54) is 8.61 Å². The minimum Gasteiger partial charge on any atom is -0.329 e. The molecular formula is C7H17N3O2S. The lowest BCUT2D eigenvalue weighted by Gasteiger charge is -2.22. The van der Waals surface area contributed by atoms with Gasteiger partial charge in [0.05, 0.1) is 0 Å². The Hall–Kier alpha value is -0.170. The number of nitrogens with two attached hydrogens (primary N) is 1. The Morgan fingerprint density at radius 3 is 2.38 bits per heavy atom. The van der Waals surface area contributed by atoms with Gasteiger partial charge in [0.15, 0.2) is 0 Å². The van der Waals surface area contributed by atoms with E-state index in [9.17, 15) is 8.42 Å². The molecule has 0 saturated carbocycles. The molecule has 5 nitrogen and oxygen atoms in total. The van der Waals surface area contributed by atoms with Crippen molar-refractivity contribution >= 4 is 10.2 Å². The van der Waals surface area contributed by atoms with Crippen LogP contribution in [0.4, 0.5) is 0 Å². The number of likely N-dealkylation sites (N-methyl/N-ethyl adjacent to an activating group) is 1. The average molecular weight is 207 g/mol. The lowest BCUT2D eigenvalue weighted by molar-refractivity contribution is 0.398. The number of hydrogen-bond donors (Lipinski definition) is 1. The van der Waals surface area contributed by atoms with E-state index >= 15 is 0 Å². The van der Waals surface area contributed by atoms with E-state index in [2.05, 4.69) is 0 Å². The van der Waals surface area contributed by atoms with Gasteiger partial charge in [-0.25, -0.2) is 0 Å². The smallest absolute Gasteiger partial charge is 0.281 e. The summed E-state index contributed by atoms with van der Waals surface area (Å²) in [4.78, 5) is 0. The fourth-order valence-corrected chi connectivity index (χ4v) is 2.86. The summed E-state index contributed by atoms with van der Waals surface area (Å²) in [5.41, 5.74) is 5.30. The molecule has 1 fully saturated rings. The van der Waals surface area contributed by atoms with Crippen molar-refractivity contribution in [1.29, 1.82) is 0 Å². The van der Waals surface area contributed by atoms with Crippen LogP contribution in [0.3, 0.4) is 0 Å². The van der Waals surface area contributed by atoms with Crippen molar-refractivity contribution < 1.29 is 8.42 Å². The quantitative estimate of drug-likeness (QED) is 0.657. The highest BCUT2D eigenvalue weighted by molar-refractivity contribution is 7.86. The molecule has 0 aromatic rings. The molecule has 0 aromatic carbocycles. The van der Waals surface area contributed by atoms with Crippen LogP contribution in [-0.4, -0.2) is 50.3 Å². The summed E-state index contributed by atoms with van der Waals surface area (Å²) in [6.07, 6.45) is 1.94. The molecular weight excluding hydrogens is 190 g/mol. The maximum Gasteiger partial charge on any atom is 0.281 e. The van der Waals surface area contributed by atoms with Gasteiger partial charge in [-0.3, -0.25) is 0 Å². The zero-order valence-electron chi connectivity index (χ0n) is 7.94. The third-order valence-electron chi connectivity index (χ3n) is 2.23. The van der Waals surface area contributed by atoms with Crippen molar-refractivity contribution in [2.75, 3.05) is 33.2 Å². The minimum atomic E-state index is -3.21. The van der Waals surface area contributed by atoms with E-state index in [1.54, 1.807) is 7.05 Å². The summed E-state index contributed by atoms with van der Waals surface area (Å²) in [6.45, 7) is 2.05. The standard InChI is InChI=1S/C7H17N3O2S/c1-9(7-4-8)13(11,12)10-5-2-3-6-10/h2-8H2,1H3. The second-order valence-corrected chi connectivity index (χ2v) is 5.26. The Labute approximate surface area is 79.7 Å². The predicted octanol–water partition coefficient (Wildman–Crippen LogP) is -0.782. The topological polar surface area (TPSA) is 66.6 Å². The van der Waals surface area contributed by atoms with E-state index < -0.39 is 10.2 Å². The fraction of sp³-hybridized carbons (Fsp3) is 1.00. The summed E-state index contributed by atoms with van der Waals surface area (Å²) < 4.78 is 26.3. The summed E-state index contributed by atoms with van der Waals surface area (Å²) in [5, 5.41) is 0. The lowest BCUT2D eigenvalue weighted by atomic mass is 10.4. The largest absolute Gasteiger partial charge is 0.329 e. The Kier molecular flexibility index (Phi) is 3.66. The Balaban J connectivity index is 2.63. The molecule has 0 amide bonds. The van der Waals surface area contributed by atoms with Crippen LogP contribution in [-0.2, 0) is 10.2 Å². The normalized spacial score (nSPS) is 19.9. The molecule has 0 bridgehead atoms. The van der Waals surface area contributed by atoms with Crippen LogP contribution in [0.15, 0.2) is 0 Å². The van der Waals surface area contributed by atoms with Crippen molar-refractivity contribution in [3.05, 3.63) is 0 Å². The van der Waals surface area contributed by atoms with Crippen molar-refractivity contribution in [3.8, 4) is 0 Å². The molecule has 0 atom stereocenters. The molecule has 78 valence electrons. The van der Waals surface area contributed by atoms with E-state index in [0.717, 1.165) is 12.8 Å². The van der Waals surface area contributed by atoms with Gasteiger partial charge < -0.3 is 5.73 Å².